The van der Waals surface area contributed by atoms with E-state index in [-0.39, 0.29) is 30.9 Å². The quantitative estimate of drug-likeness (QED) is 0.726. The van der Waals surface area contributed by atoms with Gasteiger partial charge in [0.05, 0.1) is 20.2 Å². The van der Waals surface area contributed by atoms with Crippen LogP contribution in [0.4, 0.5) is 0 Å². The minimum absolute atomic E-state index is 0.152. The average Bonchev–Trinajstić information content (AvgIpc) is 2.39. The number of amides is 2. The lowest BCUT2D eigenvalue weighted by molar-refractivity contribution is -0.137. The molecular weight excluding hydrogens is 246 g/mol. The summed E-state index contributed by atoms with van der Waals surface area (Å²) in [5.41, 5.74) is 6.74. The second kappa shape index (κ2) is 5.81. The first-order valence-corrected chi connectivity index (χ1v) is 6.04. The number of hydrogen-bond donors (Lipinski definition) is 2. The molecule has 1 aliphatic heterocycles. The van der Waals surface area contributed by atoms with Gasteiger partial charge >= 0.3 is 0 Å². The van der Waals surface area contributed by atoms with Crippen molar-refractivity contribution in [1.29, 1.82) is 0 Å². The minimum atomic E-state index is -0.289. The summed E-state index contributed by atoms with van der Waals surface area (Å²) in [5, 5.41) is 2.28. The summed E-state index contributed by atoms with van der Waals surface area (Å²) in [6.07, 6.45) is 0. The summed E-state index contributed by atoms with van der Waals surface area (Å²) in [6.45, 7) is 0.701. The number of ether oxygens (including phenoxy) is 1. The number of nitrogens with one attached hydrogen (secondary N) is 1. The van der Waals surface area contributed by atoms with Gasteiger partial charge in [-0.3, -0.25) is 19.8 Å². The first kappa shape index (κ1) is 13.5. The molecule has 1 aliphatic rings. The summed E-state index contributed by atoms with van der Waals surface area (Å²) >= 11 is 0. The molecule has 19 heavy (non-hydrogen) atoms. The van der Waals surface area contributed by atoms with Crippen LogP contribution in [0.2, 0.25) is 0 Å². The SMILES string of the molecule is COc1ccc(C(CN)N2CC(=O)NC(=O)C2)cc1. The van der Waals surface area contributed by atoms with Gasteiger partial charge in [-0.1, -0.05) is 12.1 Å². The third-order valence-corrected chi connectivity index (χ3v) is 3.14. The molecule has 0 saturated carbocycles. The zero-order valence-corrected chi connectivity index (χ0v) is 10.8. The van der Waals surface area contributed by atoms with Crippen molar-refractivity contribution in [3.63, 3.8) is 0 Å². The van der Waals surface area contributed by atoms with Gasteiger partial charge in [0.2, 0.25) is 11.8 Å². The number of carbonyl (C=O) groups is 2. The molecule has 1 atom stereocenters. The Hall–Kier alpha value is -1.92. The number of nitrogens with zero attached hydrogens (tertiary/aromatic N) is 1. The van der Waals surface area contributed by atoms with Crippen LogP contribution in [0.15, 0.2) is 24.3 Å². The Morgan fingerprint density at radius 1 is 1.26 bits per heavy atom. The number of imide groups is 1. The number of piperazine rings is 1. The minimum Gasteiger partial charge on any atom is -0.497 e. The van der Waals surface area contributed by atoms with E-state index in [1.807, 2.05) is 24.3 Å². The van der Waals surface area contributed by atoms with Crippen molar-refractivity contribution >= 4 is 11.8 Å². The van der Waals surface area contributed by atoms with E-state index in [0.29, 0.717) is 6.54 Å². The maximum absolute atomic E-state index is 11.4. The third-order valence-electron chi connectivity index (χ3n) is 3.14. The summed E-state index contributed by atoms with van der Waals surface area (Å²) in [6, 6.07) is 7.31. The maximum Gasteiger partial charge on any atom is 0.240 e. The van der Waals surface area contributed by atoms with Crippen molar-refractivity contribution in [3.05, 3.63) is 29.8 Å². The topological polar surface area (TPSA) is 84.7 Å². The lowest BCUT2D eigenvalue weighted by Gasteiger charge is -2.32. The van der Waals surface area contributed by atoms with E-state index in [1.54, 1.807) is 12.0 Å². The molecule has 6 heteroatoms. The van der Waals surface area contributed by atoms with Crippen molar-refractivity contribution in [3.8, 4) is 5.75 Å². The molecule has 1 fully saturated rings. The van der Waals surface area contributed by atoms with Crippen LogP contribution in [0.1, 0.15) is 11.6 Å². The van der Waals surface area contributed by atoms with Gasteiger partial charge in [-0.15, -0.1) is 0 Å². The van der Waals surface area contributed by atoms with E-state index < -0.39 is 0 Å². The smallest absolute Gasteiger partial charge is 0.240 e. The number of rotatable bonds is 4. The van der Waals surface area contributed by atoms with Crippen molar-refractivity contribution in [1.82, 2.24) is 10.2 Å². The van der Waals surface area contributed by atoms with Gasteiger partial charge in [0.25, 0.3) is 0 Å². The Morgan fingerprint density at radius 3 is 2.32 bits per heavy atom. The fraction of sp³-hybridized carbons (Fsp3) is 0.385. The largest absolute Gasteiger partial charge is 0.497 e. The number of methoxy groups -OCH3 is 1. The van der Waals surface area contributed by atoms with Crippen LogP contribution in [0.25, 0.3) is 0 Å². The molecule has 2 amide bonds. The molecule has 2 rings (SSSR count). The Kier molecular flexibility index (Phi) is 4.13. The van der Waals surface area contributed by atoms with Crippen molar-refractivity contribution in [2.75, 3.05) is 26.7 Å². The van der Waals surface area contributed by atoms with Gasteiger partial charge < -0.3 is 10.5 Å². The molecule has 1 heterocycles. The molecule has 0 radical (unpaired) electrons. The van der Waals surface area contributed by atoms with Crippen LogP contribution >= 0.6 is 0 Å². The molecule has 1 aromatic rings. The highest BCUT2D eigenvalue weighted by Crippen LogP contribution is 2.22. The monoisotopic (exact) mass is 263 g/mol. The molecule has 0 bridgehead atoms. The van der Waals surface area contributed by atoms with E-state index in [4.69, 9.17) is 10.5 Å². The maximum atomic E-state index is 11.4. The molecule has 1 unspecified atom stereocenters. The summed E-state index contributed by atoms with van der Waals surface area (Å²) < 4.78 is 5.10. The number of carbonyl (C=O) groups excluding carboxylic acids is 2. The van der Waals surface area contributed by atoms with Crippen LogP contribution in [-0.4, -0.2) is 43.5 Å². The fourth-order valence-corrected chi connectivity index (χ4v) is 2.20. The van der Waals surface area contributed by atoms with Crippen molar-refractivity contribution in [2.45, 2.75) is 6.04 Å². The molecule has 0 aromatic heterocycles. The Morgan fingerprint density at radius 2 is 1.84 bits per heavy atom. The highest BCUT2D eigenvalue weighted by molar-refractivity contribution is 5.99. The van der Waals surface area contributed by atoms with Gasteiger partial charge in [0.15, 0.2) is 0 Å². The van der Waals surface area contributed by atoms with Gasteiger partial charge in [-0.2, -0.15) is 0 Å². The number of nitrogens with two attached hydrogens (primary N) is 1. The van der Waals surface area contributed by atoms with Gasteiger partial charge in [-0.05, 0) is 17.7 Å². The summed E-state index contributed by atoms with van der Waals surface area (Å²) in [5.74, 6) is 0.179. The molecule has 1 aromatic carbocycles. The Balaban J connectivity index is 2.18. The molecule has 3 N–H and O–H groups in total. The highest BCUT2D eigenvalue weighted by Gasteiger charge is 2.28. The van der Waals surface area contributed by atoms with Crippen LogP contribution in [0.5, 0.6) is 5.75 Å². The lowest BCUT2D eigenvalue weighted by atomic mass is 10.0. The van der Waals surface area contributed by atoms with Crippen molar-refractivity contribution < 1.29 is 14.3 Å². The molecule has 102 valence electrons. The number of hydrogen-bond acceptors (Lipinski definition) is 5. The third kappa shape index (κ3) is 3.10. The average molecular weight is 263 g/mol. The lowest BCUT2D eigenvalue weighted by Crippen LogP contribution is -2.53. The van der Waals surface area contributed by atoms with E-state index >= 15 is 0 Å². The molecule has 1 saturated heterocycles. The zero-order chi connectivity index (χ0) is 13.8. The van der Waals surface area contributed by atoms with E-state index in [9.17, 15) is 9.59 Å². The standard InChI is InChI=1S/C13H17N3O3/c1-19-10-4-2-9(3-5-10)11(6-14)16-7-12(17)15-13(18)8-16/h2-5,11H,6-8,14H2,1H3,(H,15,17,18). The highest BCUT2D eigenvalue weighted by atomic mass is 16.5. The van der Waals surface area contributed by atoms with Crippen molar-refractivity contribution in [2.24, 2.45) is 5.73 Å². The summed E-state index contributed by atoms with van der Waals surface area (Å²) in [7, 11) is 1.60. The predicted molar refractivity (Wildman–Crippen MR) is 69.5 cm³/mol. The summed E-state index contributed by atoms with van der Waals surface area (Å²) in [4.78, 5) is 24.6. The van der Waals surface area contributed by atoms with Crippen LogP contribution < -0.4 is 15.8 Å². The van der Waals surface area contributed by atoms with E-state index in [2.05, 4.69) is 5.32 Å². The number of benzene rings is 1. The molecule has 6 nitrogen and oxygen atoms in total. The van der Waals surface area contributed by atoms with Crippen LogP contribution in [0, 0.1) is 0 Å². The Bertz CT molecular complexity index is 457. The van der Waals surface area contributed by atoms with Gasteiger partial charge in [0.1, 0.15) is 5.75 Å². The van der Waals surface area contributed by atoms with E-state index in [0.717, 1.165) is 11.3 Å². The molecule has 0 aliphatic carbocycles. The first-order valence-electron chi connectivity index (χ1n) is 6.04. The van der Waals surface area contributed by atoms with Crippen LogP contribution in [-0.2, 0) is 9.59 Å². The van der Waals surface area contributed by atoms with Gasteiger partial charge in [0, 0.05) is 12.6 Å². The van der Waals surface area contributed by atoms with E-state index in [1.165, 1.54) is 0 Å². The van der Waals surface area contributed by atoms with Gasteiger partial charge in [-0.25, -0.2) is 0 Å². The van der Waals surface area contributed by atoms with Crippen LogP contribution in [0.3, 0.4) is 0 Å². The zero-order valence-electron chi connectivity index (χ0n) is 10.8. The second-order valence-corrected chi connectivity index (χ2v) is 4.40. The predicted octanol–water partition coefficient (Wildman–Crippen LogP) is -0.347. The Labute approximate surface area is 111 Å². The second-order valence-electron chi connectivity index (χ2n) is 4.40. The molecule has 0 spiro atoms. The first-order chi connectivity index (χ1) is 9.13. The fourth-order valence-electron chi connectivity index (χ4n) is 2.20. The molecular formula is C13H17N3O3. The normalized spacial score (nSPS) is 18.0.